The molecular weight excluding hydrogens is 544 g/mol. The first-order chi connectivity index (χ1) is 20.6. The zero-order chi connectivity index (χ0) is 32.0. The number of carboxylic acids is 2. The van der Waals surface area contributed by atoms with Gasteiger partial charge >= 0.3 is 11.9 Å². The minimum Gasteiger partial charge on any atom is -0.481 e. The van der Waals surface area contributed by atoms with E-state index < -0.39 is 22.8 Å². The molecule has 0 amide bonds. The van der Waals surface area contributed by atoms with Crippen molar-refractivity contribution in [2.75, 3.05) is 0 Å². The molecule has 2 N–H and O–H groups in total. The van der Waals surface area contributed by atoms with Crippen LogP contribution in [0.4, 0.5) is 0 Å². The molecule has 0 spiro atoms. The summed E-state index contributed by atoms with van der Waals surface area (Å²) in [7, 11) is 0. The maximum Gasteiger partial charge on any atom is 0.309 e. The summed E-state index contributed by atoms with van der Waals surface area (Å²) in [5, 5.41) is 21.5. The molecule has 6 rings (SSSR count). The van der Waals surface area contributed by atoms with Gasteiger partial charge < -0.3 is 10.2 Å². The maximum atomic E-state index is 13.1. The predicted molar refractivity (Wildman–Crippen MR) is 177 cm³/mol. The summed E-state index contributed by atoms with van der Waals surface area (Å²) in [6.07, 6.45) is 15.7. The van der Waals surface area contributed by atoms with Crippen LogP contribution in [0.3, 0.4) is 0 Å². The zero-order valence-electron chi connectivity index (χ0n) is 29.0. The molecule has 0 saturated heterocycles. The van der Waals surface area contributed by atoms with Gasteiger partial charge in [0.1, 0.15) is 0 Å². The van der Waals surface area contributed by atoms with E-state index in [4.69, 9.17) is 0 Å². The molecule has 6 aliphatic carbocycles. The average molecular weight is 605 g/mol. The van der Waals surface area contributed by atoms with E-state index in [1.165, 1.54) is 17.6 Å². The topological polar surface area (TPSA) is 74.6 Å². The van der Waals surface area contributed by atoms with Crippen LogP contribution in [0.25, 0.3) is 0 Å². The van der Waals surface area contributed by atoms with Crippen molar-refractivity contribution in [1.82, 2.24) is 0 Å². The first-order valence-electron chi connectivity index (χ1n) is 18.2. The Morgan fingerprint density at radius 1 is 0.795 bits per heavy atom. The van der Waals surface area contributed by atoms with E-state index in [0.717, 1.165) is 77.0 Å². The molecule has 4 nitrogen and oxygen atoms in total. The lowest BCUT2D eigenvalue weighted by Gasteiger charge is -2.61. The van der Waals surface area contributed by atoms with E-state index in [9.17, 15) is 19.8 Å². The van der Waals surface area contributed by atoms with Gasteiger partial charge in [-0.2, -0.15) is 0 Å². The van der Waals surface area contributed by atoms with Crippen molar-refractivity contribution >= 4 is 11.9 Å². The minimum absolute atomic E-state index is 0.0168. The van der Waals surface area contributed by atoms with Gasteiger partial charge in [0, 0.05) is 5.92 Å². The van der Waals surface area contributed by atoms with Crippen LogP contribution >= 0.6 is 0 Å². The van der Waals surface area contributed by atoms with E-state index in [2.05, 4.69) is 61.5 Å². The SMILES string of the molecule is CC(C)C1=CC2=C([C@@H]3CC4C(C)(CCC[C@@]4(C)C(=O)O)C4=C3CC(C(C)C)CC4)CC3[C@](C)(CCC[C@@]3(C)C(=O)O)C2CC1. The molecule has 0 bridgehead atoms. The monoisotopic (exact) mass is 604 g/mol. The van der Waals surface area contributed by atoms with Crippen LogP contribution in [0.2, 0.25) is 0 Å². The standard InChI is InChI=1S/C40H60O4/c1-23(2)25-11-13-31-29(19-25)27(21-33-37(31,5)15-9-17-39(33,7)35(41)42)28-22-34-38(6,16-10-18-40(34,8)36(43)44)32-14-12-26(24(3)4)20-30(28)32/h19,23-24,26,28,31,33-34H,9-18,20-22H2,1-8H3,(H,41,42)(H,43,44)/t26?,28-,31?,33?,34?,37+,38?,39+,40+/m0/s1. The summed E-state index contributed by atoms with van der Waals surface area (Å²) in [6, 6.07) is 0. The Kier molecular flexibility index (Phi) is 7.93. The number of aliphatic carboxylic acids is 2. The Bertz CT molecular complexity index is 1310. The molecular formula is C40H60O4. The first kappa shape index (κ1) is 32.1. The summed E-state index contributed by atoms with van der Waals surface area (Å²) < 4.78 is 0. The number of hydrogen-bond donors (Lipinski definition) is 2. The summed E-state index contributed by atoms with van der Waals surface area (Å²) in [4.78, 5) is 26.2. The highest BCUT2D eigenvalue weighted by atomic mass is 16.4. The van der Waals surface area contributed by atoms with Crippen LogP contribution in [0.1, 0.15) is 139 Å². The van der Waals surface area contributed by atoms with Gasteiger partial charge in [-0.15, -0.1) is 0 Å². The van der Waals surface area contributed by atoms with Crippen LogP contribution in [0.5, 0.6) is 0 Å². The third kappa shape index (κ3) is 4.56. The van der Waals surface area contributed by atoms with Gasteiger partial charge in [0.05, 0.1) is 10.8 Å². The van der Waals surface area contributed by atoms with Crippen molar-refractivity contribution in [2.24, 2.45) is 63.1 Å². The van der Waals surface area contributed by atoms with Crippen LogP contribution in [0, 0.1) is 63.1 Å². The van der Waals surface area contributed by atoms with E-state index in [1.807, 2.05) is 0 Å². The van der Waals surface area contributed by atoms with E-state index in [-0.39, 0.29) is 28.6 Å². The van der Waals surface area contributed by atoms with Crippen LogP contribution in [-0.2, 0) is 9.59 Å². The lowest BCUT2D eigenvalue weighted by molar-refractivity contribution is -0.163. The molecule has 0 aromatic heterocycles. The minimum atomic E-state index is -0.724. The van der Waals surface area contributed by atoms with Crippen molar-refractivity contribution < 1.29 is 19.8 Å². The average Bonchev–Trinajstić information content (AvgIpc) is 2.96. The van der Waals surface area contributed by atoms with E-state index >= 15 is 0 Å². The second-order valence-corrected chi connectivity index (χ2v) is 17.9. The van der Waals surface area contributed by atoms with Crippen molar-refractivity contribution in [1.29, 1.82) is 0 Å². The van der Waals surface area contributed by atoms with Gasteiger partial charge in [-0.1, -0.05) is 82.8 Å². The van der Waals surface area contributed by atoms with Crippen LogP contribution in [0.15, 0.2) is 33.9 Å². The normalized spacial score (nSPS) is 44.0. The summed E-state index contributed by atoms with van der Waals surface area (Å²) in [6.45, 7) is 18.4. The molecule has 5 unspecified atom stereocenters. The number of rotatable bonds is 5. The molecule has 6 aliphatic rings. The molecule has 0 radical (unpaired) electrons. The Morgan fingerprint density at radius 2 is 1.43 bits per heavy atom. The molecule has 0 aliphatic heterocycles. The highest BCUT2D eigenvalue weighted by molar-refractivity contribution is 5.76. The Labute approximate surface area is 267 Å². The molecule has 2 fully saturated rings. The van der Waals surface area contributed by atoms with Gasteiger partial charge in [0.2, 0.25) is 0 Å². The third-order valence-corrected chi connectivity index (χ3v) is 15.2. The third-order valence-electron chi connectivity index (χ3n) is 15.2. The quantitative estimate of drug-likeness (QED) is 0.306. The molecule has 2 saturated carbocycles. The summed E-state index contributed by atoms with van der Waals surface area (Å²) in [5.74, 6) is 1.39. The van der Waals surface area contributed by atoms with Gasteiger partial charge in [0.25, 0.3) is 0 Å². The smallest absolute Gasteiger partial charge is 0.309 e. The fourth-order valence-corrected chi connectivity index (χ4v) is 12.3. The molecule has 0 aromatic rings. The van der Waals surface area contributed by atoms with Gasteiger partial charge in [0.15, 0.2) is 0 Å². The molecule has 244 valence electrons. The highest BCUT2D eigenvalue weighted by Gasteiger charge is 2.62. The second kappa shape index (κ2) is 10.9. The highest BCUT2D eigenvalue weighted by Crippen LogP contribution is 2.69. The number of allylic oxidation sites excluding steroid dienone is 6. The van der Waals surface area contributed by atoms with Gasteiger partial charge in [-0.25, -0.2) is 0 Å². The van der Waals surface area contributed by atoms with Crippen molar-refractivity contribution in [3.63, 3.8) is 0 Å². The molecule has 0 heterocycles. The zero-order valence-corrected chi connectivity index (χ0v) is 29.0. The van der Waals surface area contributed by atoms with E-state index in [0.29, 0.717) is 23.7 Å². The van der Waals surface area contributed by atoms with E-state index in [1.54, 1.807) is 16.7 Å². The largest absolute Gasteiger partial charge is 0.481 e. The molecule has 0 aromatic carbocycles. The number of hydrogen-bond acceptors (Lipinski definition) is 2. The Morgan fingerprint density at radius 3 is 2.05 bits per heavy atom. The van der Waals surface area contributed by atoms with Crippen LogP contribution in [-0.4, -0.2) is 22.2 Å². The summed E-state index contributed by atoms with van der Waals surface area (Å²) >= 11 is 0. The Balaban J connectivity index is 1.59. The lowest BCUT2D eigenvalue weighted by atomic mass is 9.42. The fourth-order valence-electron chi connectivity index (χ4n) is 12.3. The summed E-state index contributed by atoms with van der Waals surface area (Å²) in [5.41, 5.74) is 6.32. The fraction of sp³-hybridized carbons (Fsp3) is 0.800. The number of fused-ring (bicyclic) bond motifs is 5. The number of carboxylic acid groups (broad SMARTS) is 2. The first-order valence-corrected chi connectivity index (χ1v) is 18.2. The second-order valence-electron chi connectivity index (χ2n) is 17.9. The lowest BCUT2D eigenvalue weighted by Crippen LogP contribution is -2.55. The van der Waals surface area contributed by atoms with Crippen molar-refractivity contribution in [3.05, 3.63) is 33.9 Å². The van der Waals surface area contributed by atoms with Gasteiger partial charge in [-0.3, -0.25) is 9.59 Å². The molecule has 4 heteroatoms. The maximum absolute atomic E-state index is 13.1. The molecule has 9 atom stereocenters. The number of carbonyl (C=O) groups is 2. The van der Waals surface area contributed by atoms with Crippen molar-refractivity contribution in [2.45, 2.75) is 139 Å². The Hall–Kier alpha value is -1.84. The van der Waals surface area contributed by atoms with Crippen LogP contribution < -0.4 is 0 Å². The predicted octanol–water partition coefficient (Wildman–Crippen LogP) is 10.2. The van der Waals surface area contributed by atoms with Gasteiger partial charge in [-0.05, 0) is 136 Å². The molecule has 44 heavy (non-hydrogen) atoms. The van der Waals surface area contributed by atoms with Crippen molar-refractivity contribution in [3.8, 4) is 0 Å².